The Balaban J connectivity index is 1.34. The van der Waals surface area contributed by atoms with Crippen LogP contribution in [0.4, 0.5) is 10.1 Å². The molecule has 1 fully saturated rings. The first kappa shape index (κ1) is 20.3. The zero-order valence-corrected chi connectivity index (χ0v) is 16.9. The number of hydrogen-bond donors (Lipinski definition) is 2. The molecule has 2 aromatic carbocycles. The van der Waals surface area contributed by atoms with Gasteiger partial charge in [0.05, 0.1) is 37.9 Å². The van der Waals surface area contributed by atoms with Gasteiger partial charge in [-0.1, -0.05) is 6.07 Å². The van der Waals surface area contributed by atoms with Crippen molar-refractivity contribution < 1.29 is 18.7 Å². The predicted molar refractivity (Wildman–Crippen MR) is 112 cm³/mol. The van der Waals surface area contributed by atoms with Gasteiger partial charge in [0.1, 0.15) is 5.82 Å². The molecule has 0 radical (unpaired) electrons. The van der Waals surface area contributed by atoms with Crippen LogP contribution in [-0.2, 0) is 22.5 Å². The number of imidazole rings is 1. The number of aryl methyl sites for hydroxylation is 1. The lowest BCUT2D eigenvalue weighted by Gasteiger charge is -2.25. The summed E-state index contributed by atoms with van der Waals surface area (Å²) in [5.41, 5.74) is 3.20. The molecule has 0 saturated carbocycles. The van der Waals surface area contributed by atoms with Gasteiger partial charge in [-0.2, -0.15) is 0 Å². The van der Waals surface area contributed by atoms with Crippen LogP contribution < -0.4 is 10.1 Å². The lowest BCUT2D eigenvalue weighted by Crippen LogP contribution is -2.35. The fourth-order valence-electron chi connectivity index (χ4n) is 3.53. The number of carbonyl (C=O) groups is 1. The first-order valence-electron chi connectivity index (χ1n) is 10.0. The van der Waals surface area contributed by atoms with Crippen LogP contribution >= 0.6 is 0 Å². The Bertz CT molecular complexity index is 1030. The number of carbonyl (C=O) groups excluding carboxylic acids is 1. The van der Waals surface area contributed by atoms with E-state index in [2.05, 4.69) is 20.2 Å². The number of fused-ring (bicyclic) bond motifs is 1. The second-order valence-electron chi connectivity index (χ2n) is 7.32. The maximum Gasteiger partial charge on any atom is 0.224 e. The Morgan fingerprint density at radius 1 is 1.27 bits per heavy atom. The second kappa shape index (κ2) is 9.23. The lowest BCUT2D eigenvalue weighted by molar-refractivity contribution is -0.116. The summed E-state index contributed by atoms with van der Waals surface area (Å²) in [4.78, 5) is 22.6. The molecule has 1 saturated heterocycles. The SMILES string of the molecule is COc1ccc(CCC(=O)Nc2ccc3nc(CN4CCOCC4)[nH]c3c2)cc1F. The molecule has 0 unspecified atom stereocenters. The molecule has 1 aromatic heterocycles. The van der Waals surface area contributed by atoms with E-state index in [1.807, 2.05) is 18.2 Å². The number of hydrogen-bond acceptors (Lipinski definition) is 5. The van der Waals surface area contributed by atoms with Crippen molar-refractivity contribution in [3.63, 3.8) is 0 Å². The number of H-pyrrole nitrogens is 1. The van der Waals surface area contributed by atoms with Crippen molar-refractivity contribution in [3.05, 3.63) is 53.6 Å². The number of benzene rings is 2. The number of aromatic nitrogens is 2. The average Bonchev–Trinajstić information content (AvgIpc) is 3.14. The van der Waals surface area contributed by atoms with Gasteiger partial charge >= 0.3 is 0 Å². The minimum Gasteiger partial charge on any atom is -0.494 e. The van der Waals surface area contributed by atoms with Gasteiger partial charge in [-0.3, -0.25) is 9.69 Å². The second-order valence-corrected chi connectivity index (χ2v) is 7.32. The normalized spacial score (nSPS) is 14.7. The van der Waals surface area contributed by atoms with Crippen molar-refractivity contribution in [2.75, 3.05) is 38.7 Å². The molecule has 4 rings (SSSR count). The van der Waals surface area contributed by atoms with Crippen LogP contribution in [-0.4, -0.2) is 54.2 Å². The van der Waals surface area contributed by atoms with E-state index in [9.17, 15) is 9.18 Å². The average molecular weight is 412 g/mol. The number of nitrogens with one attached hydrogen (secondary N) is 2. The van der Waals surface area contributed by atoms with Crippen LogP contribution in [0.3, 0.4) is 0 Å². The predicted octanol–water partition coefficient (Wildman–Crippen LogP) is 3.11. The summed E-state index contributed by atoms with van der Waals surface area (Å²) in [5.74, 6) is 0.549. The number of ether oxygens (including phenoxy) is 2. The van der Waals surface area contributed by atoms with Gasteiger partial charge in [0.25, 0.3) is 0 Å². The topological polar surface area (TPSA) is 79.5 Å². The molecule has 30 heavy (non-hydrogen) atoms. The quantitative estimate of drug-likeness (QED) is 0.623. The molecular formula is C22H25FN4O3. The molecule has 2 heterocycles. The number of nitrogens with zero attached hydrogens (tertiary/aromatic N) is 2. The van der Waals surface area contributed by atoms with Crippen LogP contribution in [0.5, 0.6) is 5.75 Å². The summed E-state index contributed by atoms with van der Waals surface area (Å²) < 4.78 is 24.1. The molecule has 0 spiro atoms. The van der Waals surface area contributed by atoms with Crippen LogP contribution in [0.1, 0.15) is 17.8 Å². The van der Waals surface area contributed by atoms with E-state index in [1.54, 1.807) is 12.1 Å². The standard InChI is InChI=1S/C22H25FN4O3/c1-29-20-6-2-15(12-17(20)23)3-7-22(28)24-16-4-5-18-19(13-16)26-21(25-18)14-27-8-10-30-11-9-27/h2,4-6,12-13H,3,7-11,14H2,1H3,(H,24,28)(H,25,26). The van der Waals surface area contributed by atoms with E-state index >= 15 is 0 Å². The van der Waals surface area contributed by atoms with Gasteiger partial charge in [0.2, 0.25) is 5.91 Å². The number of halogens is 1. The van der Waals surface area contributed by atoms with Crippen molar-refractivity contribution in [3.8, 4) is 5.75 Å². The highest BCUT2D eigenvalue weighted by Gasteiger charge is 2.13. The van der Waals surface area contributed by atoms with Crippen molar-refractivity contribution in [1.82, 2.24) is 14.9 Å². The molecule has 2 N–H and O–H groups in total. The zero-order chi connectivity index (χ0) is 20.9. The number of morpholine rings is 1. The van der Waals surface area contributed by atoms with Crippen LogP contribution in [0.15, 0.2) is 36.4 Å². The number of amides is 1. The Labute approximate surface area is 174 Å². The number of rotatable bonds is 7. The third kappa shape index (κ3) is 4.95. The summed E-state index contributed by atoms with van der Waals surface area (Å²) in [6, 6.07) is 10.4. The van der Waals surface area contributed by atoms with Crippen LogP contribution in [0.25, 0.3) is 11.0 Å². The first-order chi connectivity index (χ1) is 14.6. The molecule has 158 valence electrons. The maximum absolute atomic E-state index is 13.8. The minimum absolute atomic E-state index is 0.126. The number of aromatic amines is 1. The maximum atomic E-state index is 13.8. The van der Waals surface area contributed by atoms with E-state index in [-0.39, 0.29) is 18.1 Å². The number of anilines is 1. The molecule has 0 bridgehead atoms. The molecule has 0 atom stereocenters. The molecular weight excluding hydrogens is 387 g/mol. The molecule has 1 aliphatic heterocycles. The molecule has 7 nitrogen and oxygen atoms in total. The highest BCUT2D eigenvalue weighted by atomic mass is 19.1. The van der Waals surface area contributed by atoms with Crippen LogP contribution in [0.2, 0.25) is 0 Å². The summed E-state index contributed by atoms with van der Waals surface area (Å²) >= 11 is 0. The lowest BCUT2D eigenvalue weighted by atomic mass is 10.1. The van der Waals surface area contributed by atoms with Gasteiger partial charge in [-0.15, -0.1) is 0 Å². The fourth-order valence-corrected chi connectivity index (χ4v) is 3.53. The van der Waals surface area contributed by atoms with E-state index in [1.165, 1.54) is 13.2 Å². The third-order valence-corrected chi connectivity index (χ3v) is 5.15. The molecule has 1 amide bonds. The summed E-state index contributed by atoms with van der Waals surface area (Å²) in [6.07, 6.45) is 0.706. The molecule has 0 aliphatic carbocycles. The fraction of sp³-hybridized carbons (Fsp3) is 0.364. The third-order valence-electron chi connectivity index (χ3n) is 5.15. The van der Waals surface area contributed by atoms with E-state index in [0.29, 0.717) is 12.1 Å². The molecule has 8 heteroatoms. The minimum atomic E-state index is -0.423. The van der Waals surface area contributed by atoms with E-state index in [4.69, 9.17) is 9.47 Å². The van der Waals surface area contributed by atoms with Crippen LogP contribution in [0, 0.1) is 5.82 Å². The van der Waals surface area contributed by atoms with Gasteiger partial charge in [-0.25, -0.2) is 9.37 Å². The summed E-state index contributed by atoms with van der Waals surface area (Å²) in [7, 11) is 1.42. The monoisotopic (exact) mass is 412 g/mol. The Hall–Kier alpha value is -2.97. The number of methoxy groups -OCH3 is 1. The molecule has 1 aliphatic rings. The van der Waals surface area contributed by atoms with E-state index in [0.717, 1.165) is 55.3 Å². The van der Waals surface area contributed by atoms with Crippen molar-refractivity contribution >= 4 is 22.6 Å². The highest BCUT2D eigenvalue weighted by Crippen LogP contribution is 2.20. The van der Waals surface area contributed by atoms with Gasteiger partial charge in [0, 0.05) is 25.2 Å². The van der Waals surface area contributed by atoms with Gasteiger partial charge in [-0.05, 0) is 42.3 Å². The van der Waals surface area contributed by atoms with Crippen molar-refractivity contribution in [2.24, 2.45) is 0 Å². The smallest absolute Gasteiger partial charge is 0.224 e. The van der Waals surface area contributed by atoms with Crippen molar-refractivity contribution in [1.29, 1.82) is 0 Å². The highest BCUT2D eigenvalue weighted by molar-refractivity contribution is 5.93. The summed E-state index contributed by atoms with van der Waals surface area (Å²) in [5, 5.41) is 2.90. The largest absolute Gasteiger partial charge is 0.494 e. The Morgan fingerprint density at radius 2 is 2.10 bits per heavy atom. The van der Waals surface area contributed by atoms with Gasteiger partial charge in [0.15, 0.2) is 11.6 Å². The Kier molecular flexibility index (Phi) is 6.25. The summed E-state index contributed by atoms with van der Waals surface area (Å²) in [6.45, 7) is 4.05. The Morgan fingerprint density at radius 3 is 2.87 bits per heavy atom. The van der Waals surface area contributed by atoms with Gasteiger partial charge < -0.3 is 19.8 Å². The first-order valence-corrected chi connectivity index (χ1v) is 10.0. The molecule has 3 aromatic rings. The van der Waals surface area contributed by atoms with E-state index < -0.39 is 5.82 Å². The zero-order valence-electron chi connectivity index (χ0n) is 16.9. The van der Waals surface area contributed by atoms with Crippen molar-refractivity contribution in [2.45, 2.75) is 19.4 Å².